The third-order valence-electron chi connectivity index (χ3n) is 4.62. The molecule has 134 valence electrons. The topological polar surface area (TPSA) is 76.0 Å². The first-order chi connectivity index (χ1) is 12.3. The molecule has 1 N–H and O–H groups in total. The highest BCUT2D eigenvalue weighted by molar-refractivity contribution is 6.29. The molecule has 6 heteroatoms. The van der Waals surface area contributed by atoms with Gasteiger partial charge in [-0.3, -0.25) is 9.78 Å². The number of fused-ring (bicyclic) bond motifs is 1. The molecule has 3 aromatic rings. The Morgan fingerprint density at radius 1 is 1.19 bits per heavy atom. The summed E-state index contributed by atoms with van der Waals surface area (Å²) < 4.78 is 0. The highest BCUT2D eigenvalue weighted by atomic mass is 35.5. The van der Waals surface area contributed by atoms with Gasteiger partial charge in [0.2, 0.25) is 0 Å². The van der Waals surface area contributed by atoms with Crippen molar-refractivity contribution in [2.75, 3.05) is 0 Å². The summed E-state index contributed by atoms with van der Waals surface area (Å²) in [5.41, 5.74) is 1.76. The van der Waals surface area contributed by atoms with Crippen LogP contribution in [0.15, 0.2) is 42.9 Å². The fourth-order valence-corrected chi connectivity index (χ4v) is 2.69. The Morgan fingerprint density at radius 3 is 2.62 bits per heavy atom. The fraction of sp³-hybridized carbons (Fsp3) is 0.300. The average molecular weight is 370 g/mol. The maximum atomic E-state index is 12.6. The number of rotatable bonds is 5. The van der Waals surface area contributed by atoms with E-state index in [9.17, 15) is 9.90 Å². The van der Waals surface area contributed by atoms with Crippen LogP contribution in [0.2, 0.25) is 5.15 Å². The summed E-state index contributed by atoms with van der Waals surface area (Å²) in [5, 5.41) is 11.3. The van der Waals surface area contributed by atoms with E-state index >= 15 is 0 Å². The molecule has 0 saturated heterocycles. The van der Waals surface area contributed by atoms with Crippen molar-refractivity contribution in [3.63, 3.8) is 0 Å². The molecule has 0 amide bonds. The summed E-state index contributed by atoms with van der Waals surface area (Å²) in [5.74, 6) is -0.275. The van der Waals surface area contributed by atoms with Gasteiger partial charge >= 0.3 is 0 Å². The number of halogens is 1. The lowest BCUT2D eigenvalue weighted by Crippen LogP contribution is -2.30. The molecule has 3 heterocycles. The van der Waals surface area contributed by atoms with E-state index in [1.54, 1.807) is 44.6 Å². The zero-order valence-corrected chi connectivity index (χ0v) is 15.7. The highest BCUT2D eigenvalue weighted by Crippen LogP contribution is 2.27. The summed E-state index contributed by atoms with van der Waals surface area (Å²) >= 11 is 5.86. The van der Waals surface area contributed by atoms with Crippen molar-refractivity contribution in [1.82, 2.24) is 15.0 Å². The van der Waals surface area contributed by atoms with Gasteiger partial charge in [-0.15, -0.1) is 0 Å². The third kappa shape index (κ3) is 3.89. The van der Waals surface area contributed by atoms with Crippen molar-refractivity contribution in [2.24, 2.45) is 5.92 Å². The van der Waals surface area contributed by atoms with Crippen LogP contribution in [0.25, 0.3) is 22.0 Å². The molecular weight excluding hydrogens is 350 g/mol. The molecule has 0 aliphatic heterocycles. The molecule has 26 heavy (non-hydrogen) atoms. The van der Waals surface area contributed by atoms with Crippen LogP contribution in [0.5, 0.6) is 0 Å². The number of carbonyl (C=O) groups is 1. The molecule has 0 bridgehead atoms. The molecule has 5 nitrogen and oxygen atoms in total. The third-order valence-corrected chi connectivity index (χ3v) is 4.84. The molecule has 0 spiro atoms. The van der Waals surface area contributed by atoms with Crippen LogP contribution in [-0.2, 0) is 0 Å². The summed E-state index contributed by atoms with van der Waals surface area (Å²) in [6.45, 7) is 5.26. The second-order valence-corrected chi connectivity index (χ2v) is 7.39. The number of aromatic nitrogens is 3. The van der Waals surface area contributed by atoms with Crippen molar-refractivity contribution in [2.45, 2.75) is 32.8 Å². The van der Waals surface area contributed by atoms with E-state index < -0.39 is 5.60 Å². The van der Waals surface area contributed by atoms with Crippen LogP contribution in [0, 0.1) is 5.92 Å². The van der Waals surface area contributed by atoms with E-state index in [0.29, 0.717) is 16.4 Å². The van der Waals surface area contributed by atoms with Crippen LogP contribution in [0.1, 0.15) is 37.7 Å². The fourth-order valence-electron chi connectivity index (χ4n) is 2.58. The predicted molar refractivity (Wildman–Crippen MR) is 102 cm³/mol. The first kappa shape index (κ1) is 18.4. The van der Waals surface area contributed by atoms with E-state index in [-0.39, 0.29) is 18.1 Å². The van der Waals surface area contributed by atoms with Gasteiger partial charge in [-0.1, -0.05) is 18.5 Å². The molecule has 1 atom stereocenters. The molecule has 3 aromatic heterocycles. The van der Waals surface area contributed by atoms with Gasteiger partial charge in [0.05, 0.1) is 11.1 Å². The minimum atomic E-state index is -0.920. The van der Waals surface area contributed by atoms with Gasteiger partial charge in [0, 0.05) is 41.5 Å². The Kier molecular flexibility index (Phi) is 5.03. The number of hydrogen-bond donors (Lipinski definition) is 1. The molecule has 0 radical (unpaired) electrons. The standard InChI is InChI=1S/C20H20ClN3O2/c1-12(20(2,3)26)8-17(25)16-6-4-14-9-22-11-15(19(14)24-16)13-5-7-18(21)23-10-13/h4-7,9-12,26H,8H2,1-3H3. The summed E-state index contributed by atoms with van der Waals surface area (Å²) in [6, 6.07) is 7.09. The predicted octanol–water partition coefficient (Wildman–Crippen LogP) is 4.33. The summed E-state index contributed by atoms with van der Waals surface area (Å²) in [6.07, 6.45) is 5.30. The molecule has 3 rings (SSSR count). The smallest absolute Gasteiger partial charge is 0.181 e. The minimum absolute atomic E-state index is 0.0986. The number of nitrogens with zero attached hydrogens (tertiary/aromatic N) is 3. The Morgan fingerprint density at radius 2 is 1.96 bits per heavy atom. The second kappa shape index (κ2) is 7.09. The Hall–Kier alpha value is -2.37. The van der Waals surface area contributed by atoms with Crippen molar-refractivity contribution < 1.29 is 9.90 Å². The van der Waals surface area contributed by atoms with Crippen molar-refractivity contribution in [3.05, 3.63) is 53.7 Å². The maximum absolute atomic E-state index is 12.6. The van der Waals surface area contributed by atoms with E-state index in [0.717, 1.165) is 16.5 Å². The summed E-state index contributed by atoms with van der Waals surface area (Å²) in [4.78, 5) is 25.5. The molecule has 0 aromatic carbocycles. The lowest BCUT2D eigenvalue weighted by atomic mass is 9.88. The van der Waals surface area contributed by atoms with Gasteiger partial charge < -0.3 is 5.11 Å². The number of aliphatic hydroxyl groups is 1. The van der Waals surface area contributed by atoms with Gasteiger partial charge in [-0.2, -0.15) is 0 Å². The van der Waals surface area contributed by atoms with Crippen LogP contribution in [0.3, 0.4) is 0 Å². The van der Waals surface area contributed by atoms with E-state index in [4.69, 9.17) is 11.6 Å². The zero-order valence-electron chi connectivity index (χ0n) is 14.9. The zero-order chi connectivity index (χ0) is 18.9. The van der Waals surface area contributed by atoms with Crippen LogP contribution in [0.4, 0.5) is 0 Å². The van der Waals surface area contributed by atoms with E-state index in [1.165, 1.54) is 0 Å². The summed E-state index contributed by atoms with van der Waals surface area (Å²) in [7, 11) is 0. The van der Waals surface area contributed by atoms with Gasteiger partial charge in [-0.05, 0) is 44.0 Å². The Labute approximate surface area is 157 Å². The van der Waals surface area contributed by atoms with Gasteiger partial charge in [0.15, 0.2) is 5.78 Å². The van der Waals surface area contributed by atoms with Crippen LogP contribution >= 0.6 is 11.6 Å². The SMILES string of the molecule is CC(CC(=O)c1ccc2cncc(-c3ccc(Cl)nc3)c2n1)C(C)(C)O. The normalized spacial score (nSPS) is 13.0. The molecular formula is C20H20ClN3O2. The van der Waals surface area contributed by atoms with Crippen LogP contribution < -0.4 is 0 Å². The second-order valence-electron chi connectivity index (χ2n) is 7.01. The largest absolute Gasteiger partial charge is 0.390 e. The Bertz CT molecular complexity index is 949. The van der Waals surface area contributed by atoms with Crippen molar-refractivity contribution >= 4 is 28.3 Å². The van der Waals surface area contributed by atoms with Gasteiger partial charge in [0.25, 0.3) is 0 Å². The number of Topliss-reactive ketones (excluding diaryl/α,β-unsaturated/α-hetero) is 1. The maximum Gasteiger partial charge on any atom is 0.181 e. The monoisotopic (exact) mass is 369 g/mol. The molecule has 0 fully saturated rings. The molecule has 0 saturated carbocycles. The number of pyridine rings is 3. The molecule has 1 unspecified atom stereocenters. The van der Waals surface area contributed by atoms with E-state index in [2.05, 4.69) is 15.0 Å². The highest BCUT2D eigenvalue weighted by Gasteiger charge is 2.25. The van der Waals surface area contributed by atoms with Gasteiger partial charge in [0.1, 0.15) is 10.8 Å². The van der Waals surface area contributed by atoms with Gasteiger partial charge in [-0.25, -0.2) is 9.97 Å². The number of carbonyl (C=O) groups excluding carboxylic acids is 1. The quantitative estimate of drug-likeness (QED) is 0.535. The number of hydrogen-bond acceptors (Lipinski definition) is 5. The minimum Gasteiger partial charge on any atom is -0.390 e. The lowest BCUT2D eigenvalue weighted by Gasteiger charge is -2.25. The van der Waals surface area contributed by atoms with Crippen molar-refractivity contribution in [3.8, 4) is 11.1 Å². The Balaban J connectivity index is 2.01. The average Bonchev–Trinajstić information content (AvgIpc) is 2.60. The van der Waals surface area contributed by atoms with Crippen LogP contribution in [-0.4, -0.2) is 31.4 Å². The lowest BCUT2D eigenvalue weighted by molar-refractivity contribution is 0.0213. The molecule has 0 aliphatic rings. The first-order valence-corrected chi connectivity index (χ1v) is 8.76. The number of ketones is 1. The van der Waals surface area contributed by atoms with E-state index in [1.807, 2.05) is 19.1 Å². The van der Waals surface area contributed by atoms with Crippen molar-refractivity contribution in [1.29, 1.82) is 0 Å². The first-order valence-electron chi connectivity index (χ1n) is 8.38. The molecule has 0 aliphatic carbocycles.